The van der Waals surface area contributed by atoms with E-state index >= 15 is 0 Å². The van der Waals surface area contributed by atoms with Crippen LogP contribution in [0.15, 0.2) is 5.51 Å². The molecular formula is C2H3N4OS-. The average molecular weight is 131 g/mol. The minimum Gasteiger partial charge on any atom is -0.770 e. The summed E-state index contributed by atoms with van der Waals surface area (Å²) in [6, 6.07) is 0. The predicted molar refractivity (Wildman–Crippen MR) is 30.0 cm³/mol. The second-order valence-electron chi connectivity index (χ2n) is 0.971. The van der Waals surface area contributed by atoms with E-state index in [1.54, 1.807) is 0 Å². The Balaban J connectivity index is 2.50. The first-order valence-electron chi connectivity index (χ1n) is 1.83. The number of hydrogen-bond donors (Lipinski definition) is 2. The Labute approximate surface area is 49.3 Å². The maximum absolute atomic E-state index is 9.57. The Kier molecular flexibility index (Phi) is 1.73. The van der Waals surface area contributed by atoms with E-state index < -0.39 is 0 Å². The zero-order valence-corrected chi connectivity index (χ0v) is 4.60. The molecule has 0 aliphatic rings. The first-order chi connectivity index (χ1) is 3.93. The molecule has 5 nitrogen and oxygen atoms in total. The molecule has 0 saturated carbocycles. The Bertz CT molecular complexity index is 140. The van der Waals surface area contributed by atoms with Gasteiger partial charge in [0.15, 0.2) is 0 Å². The largest absolute Gasteiger partial charge is 0.770 e. The minimum absolute atomic E-state index is 0.472. The summed E-state index contributed by atoms with van der Waals surface area (Å²) in [5.41, 5.74) is 5.23. The third kappa shape index (κ3) is 1.12. The molecule has 0 bridgehead atoms. The number of hydrogen-bond acceptors (Lipinski definition) is 6. The SMILES string of the molecule is [O-]NNc1nncs1. The van der Waals surface area contributed by atoms with Crippen molar-refractivity contribution in [1.82, 2.24) is 15.8 Å². The molecule has 0 aliphatic carbocycles. The van der Waals surface area contributed by atoms with Crippen LogP contribution in [-0.2, 0) is 0 Å². The highest BCUT2D eigenvalue weighted by Gasteiger charge is 1.86. The molecule has 1 aromatic heterocycles. The lowest BCUT2D eigenvalue weighted by atomic mass is 11.3. The number of anilines is 1. The van der Waals surface area contributed by atoms with Gasteiger partial charge < -0.3 is 16.2 Å². The molecule has 1 heterocycles. The second kappa shape index (κ2) is 2.55. The van der Waals surface area contributed by atoms with Crippen LogP contribution in [0.5, 0.6) is 0 Å². The predicted octanol–water partition coefficient (Wildman–Crippen LogP) is -0.0476. The van der Waals surface area contributed by atoms with Gasteiger partial charge >= 0.3 is 0 Å². The summed E-state index contributed by atoms with van der Waals surface area (Å²) in [6.07, 6.45) is 0. The molecular weight excluding hydrogens is 128 g/mol. The zero-order chi connectivity index (χ0) is 5.82. The van der Waals surface area contributed by atoms with Crippen LogP contribution in [0.3, 0.4) is 0 Å². The summed E-state index contributed by atoms with van der Waals surface area (Å²) in [5, 5.41) is 17.0. The van der Waals surface area contributed by atoms with Crippen molar-refractivity contribution in [2.45, 2.75) is 0 Å². The number of rotatable bonds is 2. The van der Waals surface area contributed by atoms with Gasteiger partial charge in [-0.05, 0) is 0 Å². The fourth-order valence-corrected chi connectivity index (χ4v) is 0.660. The molecule has 0 amide bonds. The van der Waals surface area contributed by atoms with E-state index in [2.05, 4.69) is 15.6 Å². The Morgan fingerprint density at radius 3 is 3.12 bits per heavy atom. The van der Waals surface area contributed by atoms with Crippen molar-refractivity contribution in [3.05, 3.63) is 10.7 Å². The smallest absolute Gasteiger partial charge is 0.218 e. The molecule has 0 aliphatic heterocycles. The van der Waals surface area contributed by atoms with E-state index in [0.29, 0.717) is 5.13 Å². The van der Waals surface area contributed by atoms with Crippen molar-refractivity contribution >= 4 is 16.5 Å². The lowest BCUT2D eigenvalue weighted by Gasteiger charge is -2.04. The topological polar surface area (TPSA) is 72.9 Å². The summed E-state index contributed by atoms with van der Waals surface area (Å²) in [6.45, 7) is 0. The normalized spacial score (nSPS) is 9.12. The molecule has 1 aromatic rings. The molecule has 0 fully saturated rings. The minimum atomic E-state index is 0.472. The first-order valence-corrected chi connectivity index (χ1v) is 2.71. The van der Waals surface area contributed by atoms with Gasteiger partial charge in [0.25, 0.3) is 0 Å². The molecule has 0 unspecified atom stereocenters. The van der Waals surface area contributed by atoms with Crippen LogP contribution in [0.1, 0.15) is 0 Å². The van der Waals surface area contributed by atoms with Gasteiger partial charge in [0.2, 0.25) is 5.13 Å². The monoisotopic (exact) mass is 131 g/mol. The summed E-state index contributed by atoms with van der Waals surface area (Å²) < 4.78 is 0. The quantitative estimate of drug-likeness (QED) is 0.550. The lowest BCUT2D eigenvalue weighted by Crippen LogP contribution is -2.12. The summed E-state index contributed by atoms with van der Waals surface area (Å²) in [4.78, 5) is 0. The fraction of sp³-hybridized carbons (Fsp3) is 0. The fourth-order valence-electron chi connectivity index (χ4n) is 0.271. The van der Waals surface area contributed by atoms with Gasteiger partial charge in [0, 0.05) is 0 Å². The molecule has 2 N–H and O–H groups in total. The summed E-state index contributed by atoms with van der Waals surface area (Å²) in [7, 11) is 0. The van der Waals surface area contributed by atoms with Gasteiger partial charge in [-0.1, -0.05) is 11.3 Å². The number of hydrazine groups is 1. The van der Waals surface area contributed by atoms with Gasteiger partial charge in [-0.3, -0.25) is 0 Å². The van der Waals surface area contributed by atoms with Crippen LogP contribution >= 0.6 is 11.3 Å². The zero-order valence-electron chi connectivity index (χ0n) is 3.79. The summed E-state index contributed by atoms with van der Waals surface area (Å²) in [5.74, 6) is 0. The Morgan fingerprint density at radius 1 is 1.75 bits per heavy atom. The van der Waals surface area contributed by atoms with Crippen LogP contribution in [0.25, 0.3) is 0 Å². The second-order valence-corrected chi connectivity index (χ2v) is 1.80. The standard InChI is InChI=1S/C2H3N4OS/c7-6-5-2-4-3-1-8-2/h1,6H,(H,4,5)/q-1. The number of nitrogens with one attached hydrogen (secondary N) is 2. The lowest BCUT2D eigenvalue weighted by molar-refractivity contribution is 1.01. The summed E-state index contributed by atoms with van der Waals surface area (Å²) >= 11 is 1.25. The average Bonchev–Trinajstić information content (AvgIpc) is 2.19. The molecule has 6 heteroatoms. The highest BCUT2D eigenvalue weighted by atomic mass is 32.1. The van der Waals surface area contributed by atoms with E-state index in [1.165, 1.54) is 22.4 Å². The van der Waals surface area contributed by atoms with Crippen LogP contribution in [-0.4, -0.2) is 10.2 Å². The highest BCUT2D eigenvalue weighted by molar-refractivity contribution is 7.13. The van der Waals surface area contributed by atoms with Crippen molar-refractivity contribution in [2.24, 2.45) is 0 Å². The molecule has 0 radical (unpaired) electrons. The maximum atomic E-state index is 9.57. The van der Waals surface area contributed by atoms with Gasteiger partial charge in [-0.25, -0.2) is 0 Å². The van der Waals surface area contributed by atoms with Gasteiger partial charge in [0.1, 0.15) is 5.51 Å². The molecule has 0 spiro atoms. The Morgan fingerprint density at radius 2 is 2.62 bits per heavy atom. The van der Waals surface area contributed by atoms with E-state index in [0.717, 1.165) is 0 Å². The van der Waals surface area contributed by atoms with E-state index in [4.69, 9.17) is 0 Å². The van der Waals surface area contributed by atoms with E-state index in [9.17, 15) is 5.21 Å². The molecule has 0 atom stereocenters. The van der Waals surface area contributed by atoms with Crippen LogP contribution < -0.4 is 11.0 Å². The van der Waals surface area contributed by atoms with Crippen molar-refractivity contribution in [3.8, 4) is 0 Å². The van der Waals surface area contributed by atoms with Gasteiger partial charge in [0.05, 0.1) is 0 Å². The molecule has 0 saturated heterocycles. The van der Waals surface area contributed by atoms with Gasteiger partial charge in [-0.15, -0.1) is 10.2 Å². The number of nitrogens with zero attached hydrogens (tertiary/aromatic N) is 2. The van der Waals surface area contributed by atoms with Crippen molar-refractivity contribution in [2.75, 3.05) is 5.43 Å². The third-order valence-corrected chi connectivity index (χ3v) is 1.12. The Hall–Kier alpha value is -0.720. The maximum Gasteiger partial charge on any atom is 0.218 e. The third-order valence-electron chi connectivity index (χ3n) is 0.518. The molecule has 8 heavy (non-hydrogen) atoms. The van der Waals surface area contributed by atoms with Crippen LogP contribution in [0.4, 0.5) is 5.13 Å². The molecule has 44 valence electrons. The van der Waals surface area contributed by atoms with Gasteiger partial charge in [-0.2, -0.15) is 0 Å². The molecule has 1 rings (SSSR count). The number of aromatic nitrogens is 2. The van der Waals surface area contributed by atoms with Crippen molar-refractivity contribution in [3.63, 3.8) is 0 Å². The van der Waals surface area contributed by atoms with Crippen molar-refractivity contribution in [1.29, 1.82) is 0 Å². The molecule has 0 aromatic carbocycles. The highest BCUT2D eigenvalue weighted by Crippen LogP contribution is 2.04. The van der Waals surface area contributed by atoms with Crippen LogP contribution in [0.2, 0.25) is 0 Å². The van der Waals surface area contributed by atoms with Crippen LogP contribution in [0, 0.1) is 5.21 Å². The van der Waals surface area contributed by atoms with Crippen molar-refractivity contribution < 1.29 is 0 Å². The van der Waals surface area contributed by atoms with E-state index in [1.807, 2.05) is 0 Å². The first kappa shape index (κ1) is 5.42. The van der Waals surface area contributed by atoms with E-state index in [-0.39, 0.29) is 0 Å².